The van der Waals surface area contributed by atoms with E-state index in [1.54, 1.807) is 38.3 Å². The lowest BCUT2D eigenvalue weighted by Gasteiger charge is -2.13. The SMILES string of the molecule is COc1ccc(-c2nc(CNC(=O)Nc3ccccc3C(F)(F)F)c(C)o2)cc1. The van der Waals surface area contributed by atoms with Crippen LogP contribution < -0.4 is 15.4 Å². The Bertz CT molecular complexity index is 998. The van der Waals surface area contributed by atoms with Gasteiger partial charge in [-0.05, 0) is 43.3 Å². The number of methoxy groups -OCH3 is 1. The highest BCUT2D eigenvalue weighted by Crippen LogP contribution is 2.34. The van der Waals surface area contributed by atoms with Gasteiger partial charge in [0.05, 0.1) is 24.9 Å². The zero-order valence-corrected chi connectivity index (χ0v) is 15.6. The first-order chi connectivity index (χ1) is 13.8. The van der Waals surface area contributed by atoms with E-state index in [1.165, 1.54) is 18.2 Å². The molecule has 6 nitrogen and oxygen atoms in total. The molecule has 0 radical (unpaired) electrons. The maximum atomic E-state index is 13.0. The summed E-state index contributed by atoms with van der Waals surface area (Å²) in [6, 6.07) is 11.1. The lowest BCUT2D eigenvalue weighted by molar-refractivity contribution is -0.136. The summed E-state index contributed by atoms with van der Waals surface area (Å²) in [6.45, 7) is 1.68. The van der Waals surface area contributed by atoms with Crippen molar-refractivity contribution in [2.45, 2.75) is 19.6 Å². The van der Waals surface area contributed by atoms with E-state index < -0.39 is 17.8 Å². The Balaban J connectivity index is 1.66. The number of para-hydroxylation sites is 1. The van der Waals surface area contributed by atoms with Crippen molar-refractivity contribution in [3.63, 3.8) is 0 Å². The second-order valence-electron chi connectivity index (χ2n) is 6.10. The van der Waals surface area contributed by atoms with Gasteiger partial charge in [-0.25, -0.2) is 9.78 Å². The Morgan fingerprint density at radius 3 is 2.48 bits per heavy atom. The number of alkyl halides is 3. The molecule has 3 aromatic rings. The average Bonchev–Trinajstić information content (AvgIpc) is 3.07. The average molecular weight is 405 g/mol. The van der Waals surface area contributed by atoms with E-state index in [4.69, 9.17) is 9.15 Å². The highest BCUT2D eigenvalue weighted by Gasteiger charge is 2.33. The number of nitrogens with one attached hydrogen (secondary N) is 2. The molecule has 0 saturated carbocycles. The van der Waals surface area contributed by atoms with Gasteiger partial charge in [0.25, 0.3) is 0 Å². The van der Waals surface area contributed by atoms with Gasteiger partial charge in [-0.1, -0.05) is 12.1 Å². The normalized spacial score (nSPS) is 11.2. The van der Waals surface area contributed by atoms with Crippen LogP contribution in [0.1, 0.15) is 17.0 Å². The number of benzene rings is 2. The van der Waals surface area contributed by atoms with Gasteiger partial charge in [-0.2, -0.15) is 13.2 Å². The van der Waals surface area contributed by atoms with Crippen molar-refractivity contribution >= 4 is 11.7 Å². The van der Waals surface area contributed by atoms with Crippen LogP contribution in [0.2, 0.25) is 0 Å². The lowest BCUT2D eigenvalue weighted by atomic mass is 10.1. The van der Waals surface area contributed by atoms with Crippen LogP contribution in [0, 0.1) is 6.92 Å². The molecule has 2 amide bonds. The molecule has 0 spiro atoms. The van der Waals surface area contributed by atoms with E-state index in [0.717, 1.165) is 11.6 Å². The maximum absolute atomic E-state index is 13.0. The number of urea groups is 1. The molecule has 0 aliphatic heterocycles. The van der Waals surface area contributed by atoms with Gasteiger partial charge < -0.3 is 19.8 Å². The number of carbonyl (C=O) groups excluding carboxylic acids is 1. The monoisotopic (exact) mass is 405 g/mol. The number of aromatic nitrogens is 1. The third kappa shape index (κ3) is 4.87. The molecule has 0 saturated heterocycles. The molecule has 0 unspecified atom stereocenters. The minimum atomic E-state index is -4.57. The second kappa shape index (κ2) is 8.26. The fourth-order valence-electron chi connectivity index (χ4n) is 2.62. The summed E-state index contributed by atoms with van der Waals surface area (Å²) in [5, 5.41) is 4.71. The van der Waals surface area contributed by atoms with Gasteiger partial charge in [0.1, 0.15) is 17.2 Å². The van der Waals surface area contributed by atoms with E-state index >= 15 is 0 Å². The highest BCUT2D eigenvalue weighted by atomic mass is 19.4. The number of rotatable bonds is 5. The molecular weight excluding hydrogens is 387 g/mol. The standard InChI is InChI=1S/C20H18F3N3O3/c1-12-17(25-18(29-12)13-7-9-14(28-2)10-8-13)11-24-19(27)26-16-6-4-3-5-15(16)20(21,22)23/h3-10H,11H2,1-2H3,(H2,24,26,27). The van der Waals surface area contributed by atoms with E-state index in [2.05, 4.69) is 15.6 Å². The molecule has 1 heterocycles. The molecule has 152 valence electrons. The molecule has 0 atom stereocenters. The Kier molecular flexibility index (Phi) is 5.76. The van der Waals surface area contributed by atoms with Crippen LogP contribution in [0.25, 0.3) is 11.5 Å². The molecule has 3 rings (SSSR count). The Morgan fingerprint density at radius 2 is 1.83 bits per heavy atom. The van der Waals surface area contributed by atoms with Crippen LogP contribution in [0.5, 0.6) is 5.75 Å². The molecule has 1 aromatic heterocycles. The number of anilines is 1. The van der Waals surface area contributed by atoms with Crippen molar-refractivity contribution < 1.29 is 27.1 Å². The predicted octanol–water partition coefficient (Wildman–Crippen LogP) is 5.00. The highest BCUT2D eigenvalue weighted by molar-refractivity contribution is 5.90. The molecule has 0 aliphatic carbocycles. The number of nitrogens with zero attached hydrogens (tertiary/aromatic N) is 1. The lowest BCUT2D eigenvalue weighted by Crippen LogP contribution is -2.29. The van der Waals surface area contributed by atoms with E-state index in [1.807, 2.05) is 0 Å². The molecule has 0 aliphatic rings. The van der Waals surface area contributed by atoms with Crippen molar-refractivity contribution in [3.05, 3.63) is 65.5 Å². The first kappa shape index (κ1) is 20.2. The van der Waals surface area contributed by atoms with Crippen LogP contribution in [-0.4, -0.2) is 18.1 Å². The zero-order chi connectivity index (χ0) is 21.0. The minimum absolute atomic E-state index is 0.00843. The number of carbonyl (C=O) groups is 1. The number of hydrogen-bond donors (Lipinski definition) is 2. The van der Waals surface area contributed by atoms with Gasteiger partial charge in [0, 0.05) is 5.56 Å². The number of halogens is 3. The number of ether oxygens (including phenoxy) is 1. The summed E-state index contributed by atoms with van der Waals surface area (Å²) in [5.74, 6) is 1.55. The summed E-state index contributed by atoms with van der Waals surface area (Å²) in [4.78, 5) is 16.4. The zero-order valence-electron chi connectivity index (χ0n) is 15.6. The largest absolute Gasteiger partial charge is 0.497 e. The van der Waals surface area contributed by atoms with Gasteiger partial charge in [-0.3, -0.25) is 0 Å². The fraction of sp³-hybridized carbons (Fsp3) is 0.200. The summed E-state index contributed by atoms with van der Waals surface area (Å²) in [6.07, 6.45) is -4.57. The van der Waals surface area contributed by atoms with Crippen molar-refractivity contribution in [3.8, 4) is 17.2 Å². The maximum Gasteiger partial charge on any atom is 0.418 e. The number of amides is 2. The summed E-state index contributed by atoms with van der Waals surface area (Å²) >= 11 is 0. The third-order valence-electron chi connectivity index (χ3n) is 4.13. The van der Waals surface area contributed by atoms with Crippen molar-refractivity contribution in [1.29, 1.82) is 0 Å². The van der Waals surface area contributed by atoms with Crippen LogP contribution in [0.4, 0.5) is 23.7 Å². The number of aryl methyl sites for hydroxylation is 1. The summed E-state index contributed by atoms with van der Waals surface area (Å²) < 4.78 is 49.8. The Hall–Kier alpha value is -3.49. The fourth-order valence-corrected chi connectivity index (χ4v) is 2.62. The Labute approximate surface area is 164 Å². The van der Waals surface area contributed by atoms with Gasteiger partial charge in [0.15, 0.2) is 0 Å². The van der Waals surface area contributed by atoms with E-state index in [0.29, 0.717) is 23.1 Å². The second-order valence-corrected chi connectivity index (χ2v) is 6.10. The minimum Gasteiger partial charge on any atom is -0.497 e. The van der Waals surface area contributed by atoms with Crippen molar-refractivity contribution in [2.75, 3.05) is 12.4 Å². The molecule has 0 bridgehead atoms. The molecule has 29 heavy (non-hydrogen) atoms. The molecular formula is C20H18F3N3O3. The van der Waals surface area contributed by atoms with Gasteiger partial charge in [0.2, 0.25) is 5.89 Å². The topological polar surface area (TPSA) is 76.4 Å². The van der Waals surface area contributed by atoms with Crippen LogP contribution in [0.15, 0.2) is 52.9 Å². The van der Waals surface area contributed by atoms with Crippen LogP contribution >= 0.6 is 0 Å². The number of hydrogen-bond acceptors (Lipinski definition) is 4. The first-order valence-corrected chi connectivity index (χ1v) is 8.59. The van der Waals surface area contributed by atoms with E-state index in [9.17, 15) is 18.0 Å². The predicted molar refractivity (Wildman–Crippen MR) is 101 cm³/mol. The summed E-state index contributed by atoms with van der Waals surface area (Å²) in [7, 11) is 1.56. The van der Waals surface area contributed by atoms with Crippen molar-refractivity contribution in [1.82, 2.24) is 10.3 Å². The first-order valence-electron chi connectivity index (χ1n) is 8.59. The van der Waals surface area contributed by atoms with Gasteiger partial charge in [-0.15, -0.1) is 0 Å². The van der Waals surface area contributed by atoms with Gasteiger partial charge >= 0.3 is 12.2 Å². The Morgan fingerprint density at radius 1 is 1.14 bits per heavy atom. The van der Waals surface area contributed by atoms with E-state index in [-0.39, 0.29) is 12.2 Å². The summed E-state index contributed by atoms with van der Waals surface area (Å²) in [5.41, 5.74) is -0.0540. The quantitative estimate of drug-likeness (QED) is 0.626. The molecule has 9 heteroatoms. The smallest absolute Gasteiger partial charge is 0.418 e. The molecule has 0 fully saturated rings. The molecule has 2 N–H and O–H groups in total. The number of oxazole rings is 1. The van der Waals surface area contributed by atoms with Crippen molar-refractivity contribution in [2.24, 2.45) is 0 Å². The molecule has 2 aromatic carbocycles. The van der Waals surface area contributed by atoms with Crippen LogP contribution in [-0.2, 0) is 12.7 Å². The third-order valence-corrected chi connectivity index (χ3v) is 4.13. The van der Waals surface area contributed by atoms with Crippen LogP contribution in [0.3, 0.4) is 0 Å².